The lowest BCUT2D eigenvalue weighted by atomic mass is 10.2. The molecule has 0 fully saturated rings. The zero-order valence-corrected chi connectivity index (χ0v) is 10.5. The Hall–Kier alpha value is -0.870. The monoisotopic (exact) mass is 259 g/mol. The van der Waals surface area contributed by atoms with Crippen molar-refractivity contribution in [1.82, 2.24) is 0 Å². The largest absolute Gasteiger partial charge is 0.481 e. The topological polar surface area (TPSA) is 63.3 Å². The lowest BCUT2D eigenvalue weighted by Crippen LogP contribution is -2.02. The Morgan fingerprint density at radius 3 is 2.88 bits per heavy atom. The summed E-state index contributed by atoms with van der Waals surface area (Å²) in [6, 6.07) is 5.34. The summed E-state index contributed by atoms with van der Waals surface area (Å²) in [6.07, 6.45) is 0.809. The fourth-order valence-electron chi connectivity index (χ4n) is 1.23. The summed E-state index contributed by atoms with van der Waals surface area (Å²) in [6.45, 7) is 1.99. The highest BCUT2D eigenvalue weighted by atomic mass is 35.5. The average molecular weight is 260 g/mol. The van der Waals surface area contributed by atoms with E-state index in [1.54, 1.807) is 23.9 Å². The van der Waals surface area contributed by atoms with Gasteiger partial charge in [0.2, 0.25) is 0 Å². The van der Waals surface area contributed by atoms with E-state index in [9.17, 15) is 4.79 Å². The summed E-state index contributed by atoms with van der Waals surface area (Å²) >= 11 is 7.36. The number of thioether (sulfide) groups is 1. The van der Waals surface area contributed by atoms with Crippen LogP contribution >= 0.6 is 23.4 Å². The molecule has 0 aliphatic carbocycles. The van der Waals surface area contributed by atoms with Crippen molar-refractivity contribution in [2.75, 3.05) is 5.73 Å². The number of hydrogen-bond donors (Lipinski definition) is 2. The molecule has 3 N–H and O–H groups in total. The van der Waals surface area contributed by atoms with E-state index >= 15 is 0 Å². The van der Waals surface area contributed by atoms with Crippen LogP contribution in [0.3, 0.4) is 0 Å². The van der Waals surface area contributed by atoms with Gasteiger partial charge in [0.15, 0.2) is 0 Å². The van der Waals surface area contributed by atoms with Crippen molar-refractivity contribution in [3.05, 3.63) is 23.2 Å². The number of carboxylic acid groups (broad SMARTS) is 1. The molecular weight excluding hydrogens is 246 g/mol. The number of aliphatic carboxylic acids is 1. The first-order chi connectivity index (χ1) is 7.49. The first kappa shape index (κ1) is 13.2. The molecule has 0 aliphatic rings. The van der Waals surface area contributed by atoms with E-state index in [1.807, 2.05) is 13.0 Å². The molecule has 1 rings (SSSR count). The van der Waals surface area contributed by atoms with Crippen LogP contribution in [0.25, 0.3) is 0 Å². The Balaban J connectivity index is 2.55. The molecule has 1 unspecified atom stereocenters. The van der Waals surface area contributed by atoms with E-state index in [-0.39, 0.29) is 11.7 Å². The van der Waals surface area contributed by atoms with E-state index in [1.165, 1.54) is 0 Å². The lowest BCUT2D eigenvalue weighted by molar-refractivity contribution is -0.137. The van der Waals surface area contributed by atoms with E-state index in [0.717, 1.165) is 4.90 Å². The standard InChI is InChI=1S/C11H14ClNO2S/c1-7(2-5-11(14)15)16-10-4-3-8(12)6-9(10)13/h3-4,6-7H,2,5,13H2,1H3,(H,14,15). The fraction of sp³-hybridized carbons (Fsp3) is 0.364. The summed E-state index contributed by atoms with van der Waals surface area (Å²) in [7, 11) is 0. The molecule has 3 nitrogen and oxygen atoms in total. The van der Waals surface area contributed by atoms with Gasteiger partial charge in [-0.05, 0) is 24.6 Å². The number of rotatable bonds is 5. The van der Waals surface area contributed by atoms with Crippen molar-refractivity contribution in [3.8, 4) is 0 Å². The average Bonchev–Trinajstić information content (AvgIpc) is 2.19. The maximum absolute atomic E-state index is 10.4. The minimum Gasteiger partial charge on any atom is -0.481 e. The number of nitrogens with two attached hydrogens (primary N) is 1. The van der Waals surface area contributed by atoms with Crippen molar-refractivity contribution in [3.63, 3.8) is 0 Å². The number of nitrogen functional groups attached to an aromatic ring is 1. The molecule has 0 spiro atoms. The summed E-state index contributed by atoms with van der Waals surface area (Å²) in [5.41, 5.74) is 6.44. The van der Waals surface area contributed by atoms with Gasteiger partial charge < -0.3 is 10.8 Å². The zero-order chi connectivity index (χ0) is 12.1. The first-order valence-electron chi connectivity index (χ1n) is 4.92. The van der Waals surface area contributed by atoms with Crippen LogP contribution < -0.4 is 5.73 Å². The van der Waals surface area contributed by atoms with Crippen molar-refractivity contribution in [2.45, 2.75) is 29.9 Å². The molecule has 0 heterocycles. The first-order valence-corrected chi connectivity index (χ1v) is 6.18. The molecule has 1 atom stereocenters. The molecule has 0 amide bonds. The molecule has 16 heavy (non-hydrogen) atoms. The van der Waals surface area contributed by atoms with Gasteiger partial charge >= 0.3 is 5.97 Å². The third-order valence-electron chi connectivity index (χ3n) is 2.06. The number of carbonyl (C=O) groups is 1. The molecule has 88 valence electrons. The molecular formula is C11H14ClNO2S. The van der Waals surface area contributed by atoms with Gasteiger partial charge in [0.25, 0.3) is 0 Å². The van der Waals surface area contributed by atoms with E-state index < -0.39 is 5.97 Å². The Morgan fingerprint density at radius 2 is 2.31 bits per heavy atom. The normalized spacial score (nSPS) is 12.4. The molecule has 0 aliphatic heterocycles. The molecule has 5 heteroatoms. The van der Waals surface area contributed by atoms with E-state index in [2.05, 4.69) is 0 Å². The second kappa shape index (κ2) is 6.01. The van der Waals surface area contributed by atoms with Crippen molar-refractivity contribution in [2.24, 2.45) is 0 Å². The number of hydrogen-bond acceptors (Lipinski definition) is 3. The van der Waals surface area contributed by atoms with Gasteiger partial charge in [0.1, 0.15) is 0 Å². The quantitative estimate of drug-likeness (QED) is 0.629. The number of carboxylic acids is 1. The van der Waals surface area contributed by atoms with Gasteiger partial charge in [-0.15, -0.1) is 11.8 Å². The van der Waals surface area contributed by atoms with Gasteiger partial charge in [0.05, 0.1) is 0 Å². The Morgan fingerprint density at radius 1 is 1.62 bits per heavy atom. The Labute approximate surface area is 104 Å². The molecule has 0 saturated heterocycles. The number of halogens is 1. The maximum Gasteiger partial charge on any atom is 0.303 e. The summed E-state index contributed by atoms with van der Waals surface area (Å²) in [5.74, 6) is -0.767. The third kappa shape index (κ3) is 4.33. The van der Waals surface area contributed by atoms with Crippen LogP contribution in [-0.4, -0.2) is 16.3 Å². The lowest BCUT2D eigenvalue weighted by Gasteiger charge is -2.11. The van der Waals surface area contributed by atoms with Gasteiger partial charge in [-0.2, -0.15) is 0 Å². The molecule has 0 aromatic heterocycles. The molecule has 0 radical (unpaired) electrons. The Bertz CT molecular complexity index is 384. The number of anilines is 1. The predicted molar refractivity (Wildman–Crippen MR) is 68.1 cm³/mol. The highest BCUT2D eigenvalue weighted by Gasteiger charge is 2.09. The maximum atomic E-state index is 10.4. The van der Waals surface area contributed by atoms with Gasteiger partial charge in [0, 0.05) is 27.3 Å². The highest BCUT2D eigenvalue weighted by Crippen LogP contribution is 2.32. The predicted octanol–water partition coefficient (Wildman–Crippen LogP) is 3.27. The van der Waals surface area contributed by atoms with Crippen LogP contribution in [0.5, 0.6) is 0 Å². The van der Waals surface area contributed by atoms with Gasteiger partial charge in [-0.1, -0.05) is 18.5 Å². The van der Waals surface area contributed by atoms with Crippen LogP contribution in [0.15, 0.2) is 23.1 Å². The van der Waals surface area contributed by atoms with Gasteiger partial charge in [-0.25, -0.2) is 0 Å². The summed E-state index contributed by atoms with van der Waals surface area (Å²) in [5, 5.41) is 9.40. The highest BCUT2D eigenvalue weighted by molar-refractivity contribution is 8.00. The number of benzene rings is 1. The second-order valence-electron chi connectivity index (χ2n) is 3.54. The van der Waals surface area contributed by atoms with Crippen molar-refractivity contribution < 1.29 is 9.90 Å². The van der Waals surface area contributed by atoms with Crippen molar-refractivity contribution in [1.29, 1.82) is 0 Å². The van der Waals surface area contributed by atoms with Crippen molar-refractivity contribution >= 4 is 35.0 Å². The molecule has 0 saturated carbocycles. The molecule has 0 bridgehead atoms. The fourth-order valence-corrected chi connectivity index (χ4v) is 2.42. The van der Waals surface area contributed by atoms with Crippen LogP contribution in [0.4, 0.5) is 5.69 Å². The summed E-state index contributed by atoms with van der Waals surface area (Å²) < 4.78 is 0. The van der Waals surface area contributed by atoms with Crippen LogP contribution in [0, 0.1) is 0 Å². The zero-order valence-electron chi connectivity index (χ0n) is 8.94. The Kier molecular flexibility index (Phi) is 4.96. The SMILES string of the molecule is CC(CCC(=O)O)Sc1ccc(Cl)cc1N. The molecule has 1 aromatic rings. The minimum absolute atomic E-state index is 0.182. The van der Waals surface area contributed by atoms with Crippen LogP contribution in [0.1, 0.15) is 19.8 Å². The molecule has 1 aromatic carbocycles. The van der Waals surface area contributed by atoms with Crippen LogP contribution in [0.2, 0.25) is 5.02 Å². The van der Waals surface area contributed by atoms with E-state index in [4.69, 9.17) is 22.4 Å². The van der Waals surface area contributed by atoms with Crippen LogP contribution in [-0.2, 0) is 4.79 Å². The summed E-state index contributed by atoms with van der Waals surface area (Å²) in [4.78, 5) is 11.4. The smallest absolute Gasteiger partial charge is 0.303 e. The van der Waals surface area contributed by atoms with E-state index in [0.29, 0.717) is 17.1 Å². The van der Waals surface area contributed by atoms with Gasteiger partial charge in [-0.3, -0.25) is 4.79 Å². The second-order valence-corrected chi connectivity index (χ2v) is 5.46. The third-order valence-corrected chi connectivity index (χ3v) is 3.56. The minimum atomic E-state index is -0.767.